The molecule has 0 fully saturated rings. The van der Waals surface area contributed by atoms with Crippen molar-refractivity contribution in [3.8, 4) is 5.69 Å². The van der Waals surface area contributed by atoms with Crippen LogP contribution in [-0.2, 0) is 5.41 Å². The van der Waals surface area contributed by atoms with Crippen molar-refractivity contribution < 1.29 is 4.42 Å². The van der Waals surface area contributed by atoms with E-state index in [1.807, 2.05) is 0 Å². The van der Waals surface area contributed by atoms with E-state index < -0.39 is 0 Å². The standard InChI is InChI=1S/C39H27BN2O/c1-39(2)28-15-5-8-19-33(28)42(37-29(39)23-22-27-25-13-4-10-21-35(25)43-38(27)37)40-30-16-6-9-20-34(30)41-32-18-7-3-12-24(32)26-14-11-17-31(40)36(26)41/h3-23H,1-2H3. The summed E-state index contributed by atoms with van der Waals surface area (Å²) in [6.45, 7) is 4.65. The Labute approximate surface area is 249 Å². The highest BCUT2D eigenvalue weighted by Crippen LogP contribution is 2.53. The lowest BCUT2D eigenvalue weighted by atomic mass is 9.46. The molecule has 4 heterocycles. The summed E-state index contributed by atoms with van der Waals surface area (Å²) >= 11 is 0. The maximum absolute atomic E-state index is 6.81. The topological polar surface area (TPSA) is 21.3 Å². The third-order valence-electron chi connectivity index (χ3n) is 10.0. The fourth-order valence-corrected chi connectivity index (χ4v) is 8.15. The molecule has 6 aromatic carbocycles. The molecule has 10 rings (SSSR count). The van der Waals surface area contributed by atoms with Gasteiger partial charge in [0.05, 0.1) is 16.7 Å². The van der Waals surface area contributed by atoms with Crippen LogP contribution in [0.3, 0.4) is 0 Å². The van der Waals surface area contributed by atoms with E-state index in [2.05, 4.69) is 151 Å². The molecule has 0 amide bonds. The highest BCUT2D eigenvalue weighted by atomic mass is 16.3. The molecule has 0 saturated heterocycles. The first-order valence-corrected chi connectivity index (χ1v) is 15.1. The number of benzene rings is 6. The first-order valence-electron chi connectivity index (χ1n) is 15.1. The molecular weight excluding hydrogens is 523 g/mol. The number of anilines is 2. The van der Waals surface area contributed by atoms with E-state index in [1.54, 1.807) is 0 Å². The molecule has 2 aliphatic rings. The van der Waals surface area contributed by atoms with Crippen LogP contribution in [0.2, 0.25) is 0 Å². The van der Waals surface area contributed by atoms with Gasteiger partial charge in [-0.05, 0) is 46.3 Å². The van der Waals surface area contributed by atoms with E-state index in [0.717, 1.165) is 21.9 Å². The molecule has 0 spiro atoms. The Morgan fingerprint density at radius 2 is 1.26 bits per heavy atom. The third-order valence-corrected chi connectivity index (χ3v) is 10.0. The summed E-state index contributed by atoms with van der Waals surface area (Å²) in [6.07, 6.45) is 0. The van der Waals surface area contributed by atoms with E-state index in [1.165, 1.54) is 60.9 Å². The maximum Gasteiger partial charge on any atom is 0.332 e. The van der Waals surface area contributed by atoms with Crippen LogP contribution >= 0.6 is 0 Å². The normalized spacial score (nSPS) is 14.8. The Kier molecular flexibility index (Phi) is 4.34. The number of nitrogens with zero attached hydrogens (tertiary/aromatic N) is 2. The van der Waals surface area contributed by atoms with Crippen molar-refractivity contribution in [2.75, 3.05) is 4.81 Å². The minimum Gasteiger partial charge on any atom is -0.454 e. The zero-order valence-electron chi connectivity index (χ0n) is 24.0. The lowest BCUT2D eigenvalue weighted by molar-refractivity contribution is 0.625. The Morgan fingerprint density at radius 3 is 2.16 bits per heavy atom. The second-order valence-electron chi connectivity index (χ2n) is 12.5. The van der Waals surface area contributed by atoms with Crippen LogP contribution in [0, 0.1) is 0 Å². The van der Waals surface area contributed by atoms with Gasteiger partial charge in [-0.15, -0.1) is 0 Å². The highest BCUT2D eigenvalue weighted by molar-refractivity contribution is 6.92. The van der Waals surface area contributed by atoms with Crippen molar-refractivity contribution in [1.29, 1.82) is 0 Å². The Bertz CT molecular complexity index is 2460. The van der Waals surface area contributed by atoms with Crippen molar-refractivity contribution in [2.24, 2.45) is 0 Å². The Morgan fingerprint density at radius 1 is 0.558 bits per heavy atom. The molecule has 0 saturated carbocycles. The number of hydrogen-bond donors (Lipinski definition) is 0. The predicted octanol–water partition coefficient (Wildman–Crippen LogP) is 8.58. The van der Waals surface area contributed by atoms with E-state index >= 15 is 0 Å². The van der Waals surface area contributed by atoms with E-state index in [0.29, 0.717) is 0 Å². The van der Waals surface area contributed by atoms with Gasteiger partial charge in [0.1, 0.15) is 5.58 Å². The molecule has 43 heavy (non-hydrogen) atoms. The number of furan rings is 1. The van der Waals surface area contributed by atoms with Crippen molar-refractivity contribution in [2.45, 2.75) is 19.3 Å². The number of aromatic nitrogens is 1. The number of hydrogen-bond acceptors (Lipinski definition) is 2. The molecule has 2 aromatic heterocycles. The van der Waals surface area contributed by atoms with Crippen LogP contribution in [0.1, 0.15) is 25.0 Å². The van der Waals surface area contributed by atoms with Crippen LogP contribution in [0.4, 0.5) is 11.4 Å². The van der Waals surface area contributed by atoms with Gasteiger partial charge in [-0.1, -0.05) is 117 Å². The molecule has 0 atom stereocenters. The van der Waals surface area contributed by atoms with Gasteiger partial charge in [-0.25, -0.2) is 0 Å². The second kappa shape index (κ2) is 7.99. The zero-order chi connectivity index (χ0) is 28.4. The number of para-hydroxylation sites is 5. The van der Waals surface area contributed by atoms with E-state index in [9.17, 15) is 0 Å². The first kappa shape index (κ1) is 23.4. The van der Waals surface area contributed by atoms with Crippen molar-refractivity contribution >= 4 is 72.9 Å². The Balaban J connectivity index is 1.39. The van der Waals surface area contributed by atoms with Gasteiger partial charge in [-0.2, -0.15) is 0 Å². The predicted molar refractivity (Wildman–Crippen MR) is 180 cm³/mol. The van der Waals surface area contributed by atoms with Crippen molar-refractivity contribution in [1.82, 2.24) is 4.57 Å². The molecule has 0 N–H and O–H groups in total. The lowest BCUT2D eigenvalue weighted by Gasteiger charge is -2.45. The SMILES string of the molecule is CC1(C)c2ccccc2N(B2c3ccccc3-n3c4ccccc4c4cccc2c43)c2c1ccc1c2oc2ccccc21. The first-order chi connectivity index (χ1) is 21.1. The summed E-state index contributed by atoms with van der Waals surface area (Å²) in [5.74, 6) is 0. The molecule has 4 heteroatoms. The fraction of sp³-hybridized carbons (Fsp3) is 0.0769. The molecule has 2 aliphatic heterocycles. The van der Waals surface area contributed by atoms with E-state index in [-0.39, 0.29) is 12.3 Å². The summed E-state index contributed by atoms with van der Waals surface area (Å²) in [5, 5.41) is 4.89. The lowest BCUT2D eigenvalue weighted by Crippen LogP contribution is -2.59. The summed E-state index contributed by atoms with van der Waals surface area (Å²) in [4.78, 5) is 2.59. The average molecular weight is 550 g/mol. The van der Waals surface area contributed by atoms with Gasteiger partial charge in [0.2, 0.25) is 0 Å². The molecule has 202 valence electrons. The summed E-state index contributed by atoms with van der Waals surface area (Å²) in [6, 6.07) is 46.6. The molecular formula is C39H27BN2O. The van der Waals surface area contributed by atoms with Crippen LogP contribution < -0.4 is 15.7 Å². The quantitative estimate of drug-likeness (QED) is 0.191. The smallest absolute Gasteiger partial charge is 0.332 e. The Hall–Kier alpha value is -5.22. The van der Waals surface area contributed by atoms with Gasteiger partial charge < -0.3 is 13.8 Å². The summed E-state index contributed by atoms with van der Waals surface area (Å²) in [7, 11) is 0. The third kappa shape index (κ3) is 2.81. The monoisotopic (exact) mass is 550 g/mol. The molecule has 0 aliphatic carbocycles. The second-order valence-corrected chi connectivity index (χ2v) is 12.5. The maximum atomic E-state index is 6.81. The minimum absolute atomic E-state index is 0.0495. The molecule has 8 aromatic rings. The highest BCUT2D eigenvalue weighted by Gasteiger charge is 2.45. The van der Waals surface area contributed by atoms with Crippen molar-refractivity contribution in [3.63, 3.8) is 0 Å². The van der Waals surface area contributed by atoms with Gasteiger partial charge in [0.15, 0.2) is 5.58 Å². The average Bonchev–Trinajstić information content (AvgIpc) is 3.60. The minimum atomic E-state index is -0.204. The van der Waals surface area contributed by atoms with Crippen LogP contribution in [-0.4, -0.2) is 11.4 Å². The molecule has 0 bridgehead atoms. The van der Waals surface area contributed by atoms with Gasteiger partial charge in [0, 0.05) is 38.3 Å². The number of fused-ring (bicyclic) bond motifs is 11. The molecule has 3 nitrogen and oxygen atoms in total. The van der Waals surface area contributed by atoms with Crippen LogP contribution in [0.5, 0.6) is 0 Å². The van der Waals surface area contributed by atoms with Gasteiger partial charge >= 0.3 is 6.85 Å². The van der Waals surface area contributed by atoms with Gasteiger partial charge in [0.25, 0.3) is 0 Å². The number of rotatable bonds is 1. The van der Waals surface area contributed by atoms with Crippen LogP contribution in [0.15, 0.2) is 132 Å². The molecule has 0 unspecified atom stereocenters. The fourth-order valence-electron chi connectivity index (χ4n) is 8.15. The van der Waals surface area contributed by atoms with Gasteiger partial charge in [-0.3, -0.25) is 0 Å². The summed E-state index contributed by atoms with van der Waals surface area (Å²) < 4.78 is 9.29. The molecule has 0 radical (unpaired) electrons. The summed E-state index contributed by atoms with van der Waals surface area (Å²) in [5.41, 5.74) is 13.0. The van der Waals surface area contributed by atoms with Crippen molar-refractivity contribution in [3.05, 3.63) is 139 Å². The van der Waals surface area contributed by atoms with Crippen LogP contribution in [0.25, 0.3) is 49.4 Å². The van der Waals surface area contributed by atoms with E-state index in [4.69, 9.17) is 4.42 Å². The largest absolute Gasteiger partial charge is 0.454 e. The zero-order valence-corrected chi connectivity index (χ0v) is 24.0.